The lowest BCUT2D eigenvalue weighted by Crippen LogP contribution is -2.50. The topological polar surface area (TPSA) is 78.4 Å². The van der Waals surface area contributed by atoms with Crippen molar-refractivity contribution in [2.75, 3.05) is 6.54 Å². The van der Waals surface area contributed by atoms with E-state index in [0.29, 0.717) is 6.42 Å². The molecule has 3 aromatic carbocycles. The Hall–Kier alpha value is -3.44. The van der Waals surface area contributed by atoms with Crippen molar-refractivity contribution in [3.05, 3.63) is 108 Å². The average molecular weight is 417 g/mol. The summed E-state index contributed by atoms with van der Waals surface area (Å²) in [5, 5.41) is 16.5. The largest absolute Gasteiger partial charge is 0.389 e. The van der Waals surface area contributed by atoms with E-state index in [2.05, 4.69) is 10.6 Å². The number of hydrogen-bond acceptors (Lipinski definition) is 3. The molecule has 3 N–H and O–H groups in total. The number of benzene rings is 3. The molecule has 160 valence electrons. The van der Waals surface area contributed by atoms with Crippen molar-refractivity contribution in [3.63, 3.8) is 0 Å². The summed E-state index contributed by atoms with van der Waals surface area (Å²) >= 11 is 0. The molecule has 0 saturated carbocycles. The Bertz CT molecular complexity index is 946. The second-order valence-corrected chi connectivity index (χ2v) is 7.56. The van der Waals surface area contributed by atoms with E-state index >= 15 is 0 Å². The van der Waals surface area contributed by atoms with Crippen LogP contribution >= 0.6 is 0 Å². The fourth-order valence-electron chi connectivity index (χ4n) is 3.39. The van der Waals surface area contributed by atoms with Gasteiger partial charge in [-0.1, -0.05) is 91.0 Å². The molecule has 0 aliphatic heterocycles. The van der Waals surface area contributed by atoms with Gasteiger partial charge in [0.15, 0.2) is 0 Å². The van der Waals surface area contributed by atoms with Crippen molar-refractivity contribution < 1.29 is 14.7 Å². The van der Waals surface area contributed by atoms with Gasteiger partial charge in [0, 0.05) is 6.54 Å². The lowest BCUT2D eigenvalue weighted by Gasteiger charge is -2.25. The summed E-state index contributed by atoms with van der Waals surface area (Å²) in [6.07, 6.45) is 0.0350. The minimum absolute atomic E-state index is 0.0643. The molecule has 2 atom stereocenters. The van der Waals surface area contributed by atoms with E-state index in [-0.39, 0.29) is 31.2 Å². The highest BCUT2D eigenvalue weighted by Gasteiger charge is 2.22. The summed E-state index contributed by atoms with van der Waals surface area (Å²) in [6.45, 7) is 0.0643. The maximum Gasteiger partial charge on any atom is 0.224 e. The van der Waals surface area contributed by atoms with Crippen LogP contribution in [0.15, 0.2) is 91.0 Å². The lowest BCUT2D eigenvalue weighted by atomic mass is 10.0. The highest BCUT2D eigenvalue weighted by atomic mass is 16.3. The monoisotopic (exact) mass is 416 g/mol. The van der Waals surface area contributed by atoms with Gasteiger partial charge in [-0.25, -0.2) is 0 Å². The zero-order chi connectivity index (χ0) is 21.9. The van der Waals surface area contributed by atoms with E-state index in [1.165, 1.54) is 0 Å². The molecule has 2 amide bonds. The first-order chi connectivity index (χ1) is 15.1. The van der Waals surface area contributed by atoms with Crippen LogP contribution in [-0.2, 0) is 28.9 Å². The Morgan fingerprint density at radius 2 is 1.13 bits per heavy atom. The molecule has 31 heavy (non-hydrogen) atoms. The minimum atomic E-state index is -0.917. The number of rotatable bonds is 10. The Kier molecular flexibility index (Phi) is 8.38. The van der Waals surface area contributed by atoms with Gasteiger partial charge in [0.2, 0.25) is 11.8 Å². The highest BCUT2D eigenvalue weighted by molar-refractivity contribution is 5.79. The van der Waals surface area contributed by atoms with Gasteiger partial charge >= 0.3 is 0 Å². The summed E-state index contributed by atoms with van der Waals surface area (Å²) in [5.41, 5.74) is 2.82. The van der Waals surface area contributed by atoms with Crippen molar-refractivity contribution in [1.29, 1.82) is 0 Å². The van der Waals surface area contributed by atoms with Crippen LogP contribution in [0.1, 0.15) is 16.7 Å². The molecule has 3 aromatic rings. The molecule has 0 fully saturated rings. The molecule has 0 aliphatic rings. The molecule has 3 rings (SSSR count). The molecule has 0 heterocycles. The third-order valence-electron chi connectivity index (χ3n) is 5.03. The highest BCUT2D eigenvalue weighted by Crippen LogP contribution is 2.08. The van der Waals surface area contributed by atoms with Crippen LogP contribution in [0.3, 0.4) is 0 Å². The number of hydrogen-bond donors (Lipinski definition) is 3. The SMILES string of the molecule is O=C(Cc1ccccc1)NCC(O)C(Cc1ccccc1)NC(=O)Cc1ccccc1. The predicted molar refractivity (Wildman–Crippen MR) is 121 cm³/mol. The molecule has 0 radical (unpaired) electrons. The Morgan fingerprint density at radius 3 is 1.65 bits per heavy atom. The van der Waals surface area contributed by atoms with Crippen LogP contribution in [0.2, 0.25) is 0 Å². The number of carbonyl (C=O) groups is 2. The van der Waals surface area contributed by atoms with Crippen molar-refractivity contribution >= 4 is 11.8 Å². The van der Waals surface area contributed by atoms with Crippen molar-refractivity contribution in [3.8, 4) is 0 Å². The molecule has 0 spiro atoms. The van der Waals surface area contributed by atoms with Gasteiger partial charge in [-0.15, -0.1) is 0 Å². The van der Waals surface area contributed by atoms with E-state index < -0.39 is 12.1 Å². The van der Waals surface area contributed by atoms with Gasteiger partial charge in [0.25, 0.3) is 0 Å². The van der Waals surface area contributed by atoms with Crippen LogP contribution in [0, 0.1) is 0 Å². The number of aliphatic hydroxyl groups excluding tert-OH is 1. The first-order valence-corrected chi connectivity index (χ1v) is 10.5. The quantitative estimate of drug-likeness (QED) is 0.476. The Labute approximate surface area is 183 Å². The summed E-state index contributed by atoms with van der Waals surface area (Å²) < 4.78 is 0. The van der Waals surface area contributed by atoms with Crippen molar-refractivity contribution in [2.45, 2.75) is 31.4 Å². The summed E-state index contributed by atoms with van der Waals surface area (Å²) in [4.78, 5) is 24.8. The second kappa shape index (κ2) is 11.7. The number of nitrogens with one attached hydrogen (secondary N) is 2. The minimum Gasteiger partial charge on any atom is -0.389 e. The standard InChI is InChI=1S/C26H28N2O3/c29-24(19-27-25(30)17-21-12-6-2-7-13-21)23(16-20-10-4-1-5-11-20)28-26(31)18-22-14-8-3-9-15-22/h1-15,23-24,29H,16-19H2,(H,27,30)(H,28,31). The van der Waals surface area contributed by atoms with Crippen LogP contribution in [0.25, 0.3) is 0 Å². The second-order valence-electron chi connectivity index (χ2n) is 7.56. The summed E-state index contributed by atoms with van der Waals surface area (Å²) in [7, 11) is 0. The maximum atomic E-state index is 12.6. The molecule has 0 saturated heterocycles. The molecule has 2 unspecified atom stereocenters. The number of carbonyl (C=O) groups excluding carboxylic acids is 2. The molecule has 0 bridgehead atoms. The summed E-state index contributed by atoms with van der Waals surface area (Å²) in [5.74, 6) is -0.332. The molecule has 0 aromatic heterocycles. The van der Waals surface area contributed by atoms with Gasteiger partial charge < -0.3 is 15.7 Å². The smallest absolute Gasteiger partial charge is 0.224 e. The van der Waals surface area contributed by atoms with Crippen LogP contribution in [0.5, 0.6) is 0 Å². The van der Waals surface area contributed by atoms with Gasteiger partial charge in [-0.05, 0) is 23.1 Å². The van der Waals surface area contributed by atoms with Crippen molar-refractivity contribution in [1.82, 2.24) is 10.6 Å². The lowest BCUT2D eigenvalue weighted by molar-refractivity contribution is -0.122. The molecule has 0 aliphatic carbocycles. The molecule has 5 heteroatoms. The normalized spacial score (nSPS) is 12.5. The Morgan fingerprint density at radius 1 is 0.677 bits per heavy atom. The van der Waals surface area contributed by atoms with Gasteiger partial charge in [-0.2, -0.15) is 0 Å². The van der Waals surface area contributed by atoms with E-state index in [9.17, 15) is 14.7 Å². The third kappa shape index (κ3) is 7.72. The molecular weight excluding hydrogens is 388 g/mol. The van der Waals surface area contributed by atoms with Gasteiger partial charge in [0.1, 0.15) is 0 Å². The van der Waals surface area contributed by atoms with Crippen LogP contribution in [-0.4, -0.2) is 35.6 Å². The van der Waals surface area contributed by atoms with E-state index in [1.54, 1.807) is 0 Å². The van der Waals surface area contributed by atoms with E-state index in [1.807, 2.05) is 91.0 Å². The molecular formula is C26H28N2O3. The van der Waals surface area contributed by atoms with Gasteiger partial charge in [0.05, 0.1) is 25.0 Å². The first kappa shape index (κ1) is 22.2. The summed E-state index contributed by atoms with van der Waals surface area (Å²) in [6, 6.07) is 28.1. The van der Waals surface area contributed by atoms with E-state index in [0.717, 1.165) is 16.7 Å². The maximum absolute atomic E-state index is 12.6. The van der Waals surface area contributed by atoms with E-state index in [4.69, 9.17) is 0 Å². The zero-order valence-corrected chi connectivity index (χ0v) is 17.4. The average Bonchev–Trinajstić information content (AvgIpc) is 2.79. The predicted octanol–water partition coefficient (Wildman–Crippen LogP) is 2.68. The fraction of sp³-hybridized carbons (Fsp3) is 0.231. The van der Waals surface area contributed by atoms with Gasteiger partial charge in [-0.3, -0.25) is 9.59 Å². The first-order valence-electron chi connectivity index (χ1n) is 10.5. The molecule has 5 nitrogen and oxygen atoms in total. The Balaban J connectivity index is 1.59. The number of aliphatic hydroxyl groups is 1. The third-order valence-corrected chi connectivity index (χ3v) is 5.03. The van der Waals surface area contributed by atoms with Crippen LogP contribution < -0.4 is 10.6 Å². The fourth-order valence-corrected chi connectivity index (χ4v) is 3.39. The van der Waals surface area contributed by atoms with Crippen LogP contribution in [0.4, 0.5) is 0 Å². The number of amides is 2. The zero-order valence-electron chi connectivity index (χ0n) is 17.4. The van der Waals surface area contributed by atoms with Crippen molar-refractivity contribution in [2.24, 2.45) is 0 Å².